The van der Waals surface area contributed by atoms with Crippen LogP contribution in [0.25, 0.3) is 11.1 Å². The van der Waals surface area contributed by atoms with Crippen LogP contribution in [-0.2, 0) is 19.1 Å². The summed E-state index contributed by atoms with van der Waals surface area (Å²) < 4.78 is 10.0. The molecule has 3 rings (SSSR count). The molecule has 1 aliphatic carbocycles. The monoisotopic (exact) mass is 423 g/mol. The summed E-state index contributed by atoms with van der Waals surface area (Å²) in [7, 11) is 5.94. The number of hydrogen-bond donors (Lipinski definition) is 2. The molecule has 31 heavy (non-hydrogen) atoms. The molecule has 0 spiro atoms. The molecule has 8 heteroatoms. The van der Waals surface area contributed by atoms with Gasteiger partial charge in [-0.2, -0.15) is 0 Å². The summed E-state index contributed by atoms with van der Waals surface area (Å²) in [6, 6.07) is 16.5. The van der Waals surface area contributed by atoms with Crippen LogP contribution in [0.15, 0.2) is 48.5 Å². The minimum Gasteiger partial charge on any atom is -0.482 e. The van der Waals surface area contributed by atoms with Crippen LogP contribution in [0, 0.1) is 0 Å². The lowest BCUT2D eigenvalue weighted by atomic mass is 9.98. The van der Waals surface area contributed by atoms with E-state index in [4.69, 9.17) is 9.84 Å². The highest BCUT2D eigenvalue weighted by Gasteiger charge is 2.28. The van der Waals surface area contributed by atoms with Gasteiger partial charge in [0, 0.05) is 25.2 Å². The molecular formula is C23H26BNO6. The van der Waals surface area contributed by atoms with Gasteiger partial charge < -0.3 is 19.9 Å². The average Bonchev–Trinajstić information content (AvgIpc) is 3.11. The SMILES string of the molecule is COC(=O)CCCCNC(=O)OCC1c2ccccc2-c2ccccc21.[B]CC(=O)O. The van der Waals surface area contributed by atoms with E-state index in [1.165, 1.54) is 29.4 Å². The third kappa shape index (κ3) is 7.17. The Morgan fingerprint density at radius 3 is 2.06 bits per heavy atom. The predicted octanol–water partition coefficient (Wildman–Crippen LogP) is 3.53. The van der Waals surface area contributed by atoms with Crippen LogP contribution in [0.2, 0.25) is 6.32 Å². The number of fused-ring (bicyclic) bond motifs is 3. The maximum atomic E-state index is 12.0. The van der Waals surface area contributed by atoms with Crippen molar-refractivity contribution in [2.24, 2.45) is 0 Å². The Labute approximate surface area is 183 Å². The number of methoxy groups -OCH3 is 1. The Hall–Kier alpha value is -3.29. The zero-order valence-corrected chi connectivity index (χ0v) is 17.5. The third-order valence-electron chi connectivity index (χ3n) is 4.82. The molecule has 2 aromatic rings. The van der Waals surface area contributed by atoms with Crippen LogP contribution in [-0.4, -0.2) is 51.2 Å². The maximum Gasteiger partial charge on any atom is 0.407 e. The van der Waals surface area contributed by atoms with Gasteiger partial charge in [0.25, 0.3) is 5.97 Å². The van der Waals surface area contributed by atoms with E-state index >= 15 is 0 Å². The number of esters is 1. The molecule has 0 saturated heterocycles. The number of aliphatic carboxylic acids is 1. The molecule has 0 saturated carbocycles. The van der Waals surface area contributed by atoms with Gasteiger partial charge in [0.05, 0.1) is 15.0 Å². The molecule has 0 bridgehead atoms. The lowest BCUT2D eigenvalue weighted by Crippen LogP contribution is -2.27. The lowest BCUT2D eigenvalue weighted by molar-refractivity contribution is -0.140. The van der Waals surface area contributed by atoms with Crippen molar-refractivity contribution in [1.82, 2.24) is 5.32 Å². The first-order valence-electron chi connectivity index (χ1n) is 10.1. The molecule has 1 aliphatic rings. The van der Waals surface area contributed by atoms with Crippen LogP contribution in [0.1, 0.15) is 36.3 Å². The number of carbonyl (C=O) groups excluding carboxylic acids is 2. The second-order valence-electron chi connectivity index (χ2n) is 6.88. The van der Waals surface area contributed by atoms with Crippen molar-refractivity contribution in [3.8, 4) is 11.1 Å². The quantitative estimate of drug-likeness (QED) is 0.383. The van der Waals surface area contributed by atoms with Crippen molar-refractivity contribution in [3.63, 3.8) is 0 Å². The molecule has 7 nitrogen and oxygen atoms in total. The molecule has 0 atom stereocenters. The fraction of sp³-hybridized carbons (Fsp3) is 0.348. The van der Waals surface area contributed by atoms with Crippen molar-refractivity contribution in [1.29, 1.82) is 0 Å². The van der Waals surface area contributed by atoms with E-state index in [1.807, 2.05) is 24.3 Å². The fourth-order valence-corrected chi connectivity index (χ4v) is 3.34. The zero-order valence-electron chi connectivity index (χ0n) is 17.5. The molecule has 2 aromatic carbocycles. The number of carbonyl (C=O) groups is 3. The van der Waals surface area contributed by atoms with E-state index in [0.29, 0.717) is 32.4 Å². The minimum absolute atomic E-state index is 0.0625. The molecule has 0 heterocycles. The van der Waals surface area contributed by atoms with Gasteiger partial charge in [-0.05, 0) is 35.1 Å². The average molecular weight is 423 g/mol. The normalized spacial score (nSPS) is 11.4. The van der Waals surface area contributed by atoms with Gasteiger partial charge in [-0.15, -0.1) is 0 Å². The largest absolute Gasteiger partial charge is 0.482 e. The standard InChI is InChI=1S/C21H23NO4.C2H3BO2/c1-25-20(23)12-6-7-13-22-21(24)26-14-19-17-10-4-2-8-15(17)16-9-3-5-11-18(16)19;3-1-2(4)5/h2-5,8-11,19H,6-7,12-14H2,1H3,(H,22,24);1H2,(H,4,5). The highest BCUT2D eigenvalue weighted by Crippen LogP contribution is 2.44. The van der Waals surface area contributed by atoms with Crippen LogP contribution >= 0.6 is 0 Å². The fourth-order valence-electron chi connectivity index (χ4n) is 3.34. The number of ether oxygens (including phenoxy) is 2. The van der Waals surface area contributed by atoms with E-state index in [0.717, 1.165) is 0 Å². The molecule has 2 radical (unpaired) electrons. The Balaban J connectivity index is 0.000000614. The number of carboxylic acid groups (broad SMARTS) is 1. The maximum absolute atomic E-state index is 12.0. The molecule has 0 aromatic heterocycles. The molecule has 0 aliphatic heterocycles. The second-order valence-corrected chi connectivity index (χ2v) is 6.88. The van der Waals surface area contributed by atoms with Crippen LogP contribution in [0.3, 0.4) is 0 Å². The van der Waals surface area contributed by atoms with Crippen LogP contribution < -0.4 is 5.32 Å². The van der Waals surface area contributed by atoms with Crippen molar-refractivity contribution >= 4 is 25.9 Å². The first-order valence-corrected chi connectivity index (χ1v) is 10.1. The first kappa shape index (κ1) is 24.0. The Bertz CT molecular complexity index is 856. The molecule has 162 valence electrons. The summed E-state index contributed by atoms with van der Waals surface area (Å²) in [6.07, 6.45) is 1.04. The van der Waals surface area contributed by atoms with E-state index in [1.54, 1.807) is 0 Å². The first-order chi connectivity index (χ1) is 15.0. The zero-order chi connectivity index (χ0) is 22.6. The summed E-state index contributed by atoms with van der Waals surface area (Å²) >= 11 is 0. The summed E-state index contributed by atoms with van der Waals surface area (Å²) in [6.45, 7) is 0.787. The van der Waals surface area contributed by atoms with E-state index in [9.17, 15) is 14.4 Å². The van der Waals surface area contributed by atoms with E-state index < -0.39 is 12.1 Å². The third-order valence-corrected chi connectivity index (χ3v) is 4.82. The summed E-state index contributed by atoms with van der Waals surface area (Å²) in [5, 5.41) is 10.3. The smallest absolute Gasteiger partial charge is 0.407 e. The molecule has 0 unspecified atom stereocenters. The van der Waals surface area contributed by atoms with Gasteiger partial charge in [-0.1, -0.05) is 48.5 Å². The summed E-state index contributed by atoms with van der Waals surface area (Å²) in [5.41, 5.74) is 4.80. The number of amides is 1. The number of alkyl carbamates (subject to hydrolysis) is 1. The van der Waals surface area contributed by atoms with Gasteiger partial charge in [-0.25, -0.2) is 4.79 Å². The Kier molecular flexibility index (Phi) is 9.61. The number of benzene rings is 2. The van der Waals surface area contributed by atoms with Crippen LogP contribution in [0.5, 0.6) is 0 Å². The number of unbranched alkanes of at least 4 members (excludes halogenated alkanes) is 1. The molecule has 2 N–H and O–H groups in total. The second kappa shape index (κ2) is 12.4. The highest BCUT2D eigenvalue weighted by atomic mass is 16.5. The lowest BCUT2D eigenvalue weighted by Gasteiger charge is -2.14. The molecule has 0 fully saturated rings. The van der Waals surface area contributed by atoms with Gasteiger partial charge in [-0.3, -0.25) is 9.59 Å². The number of rotatable bonds is 8. The highest BCUT2D eigenvalue weighted by molar-refractivity contribution is 6.18. The van der Waals surface area contributed by atoms with Crippen molar-refractivity contribution in [2.45, 2.75) is 31.5 Å². The van der Waals surface area contributed by atoms with Gasteiger partial charge in [0.15, 0.2) is 0 Å². The number of hydrogen-bond acceptors (Lipinski definition) is 5. The van der Waals surface area contributed by atoms with E-state index in [-0.39, 0.29) is 18.2 Å². The molecule has 1 amide bonds. The van der Waals surface area contributed by atoms with Crippen molar-refractivity contribution < 1.29 is 29.0 Å². The van der Waals surface area contributed by atoms with E-state index in [2.05, 4.69) is 42.2 Å². The van der Waals surface area contributed by atoms with Crippen molar-refractivity contribution in [3.05, 3.63) is 59.7 Å². The van der Waals surface area contributed by atoms with Gasteiger partial charge in [0.1, 0.15) is 6.61 Å². The number of nitrogens with one attached hydrogen (secondary N) is 1. The topological polar surface area (TPSA) is 102 Å². The Morgan fingerprint density at radius 1 is 1.00 bits per heavy atom. The predicted molar refractivity (Wildman–Crippen MR) is 117 cm³/mol. The van der Waals surface area contributed by atoms with Gasteiger partial charge >= 0.3 is 12.1 Å². The summed E-state index contributed by atoms with van der Waals surface area (Å²) in [5.74, 6) is -1.14. The summed E-state index contributed by atoms with van der Waals surface area (Å²) in [4.78, 5) is 32.2. The minimum atomic E-state index is -0.968. The Morgan fingerprint density at radius 2 is 1.55 bits per heavy atom. The molecular weight excluding hydrogens is 397 g/mol. The van der Waals surface area contributed by atoms with Crippen LogP contribution in [0.4, 0.5) is 4.79 Å². The van der Waals surface area contributed by atoms with Gasteiger partial charge in [0.2, 0.25) is 0 Å². The van der Waals surface area contributed by atoms with Crippen molar-refractivity contribution in [2.75, 3.05) is 20.3 Å². The number of carboxylic acids is 1.